The summed E-state index contributed by atoms with van der Waals surface area (Å²) in [6, 6.07) is 7.89. The molecule has 1 aliphatic carbocycles. The topological polar surface area (TPSA) is 38.5 Å². The molecule has 1 fully saturated rings. The molecule has 0 heterocycles. The lowest BCUT2D eigenvalue weighted by atomic mass is 10.1. The summed E-state index contributed by atoms with van der Waals surface area (Å²) < 4.78 is 5.82. The van der Waals surface area contributed by atoms with Crippen molar-refractivity contribution in [1.82, 2.24) is 4.90 Å². The highest BCUT2D eigenvalue weighted by Crippen LogP contribution is 2.25. The fourth-order valence-corrected chi connectivity index (χ4v) is 2.86. The first-order valence-corrected chi connectivity index (χ1v) is 7.88. The van der Waals surface area contributed by atoms with Gasteiger partial charge >= 0.3 is 0 Å². The average molecular weight is 286 g/mol. The molecule has 0 aliphatic heterocycles. The molecule has 1 saturated carbocycles. The highest BCUT2D eigenvalue weighted by atomic mass is 16.5. The fraction of sp³-hybridized carbons (Fsp3) is 0.556. The molecule has 114 valence electrons. The van der Waals surface area contributed by atoms with Gasteiger partial charge in [-0.05, 0) is 44.0 Å². The summed E-state index contributed by atoms with van der Waals surface area (Å²) in [5.74, 6) is 7.66. The van der Waals surface area contributed by atoms with E-state index in [1.165, 1.54) is 32.2 Å². The van der Waals surface area contributed by atoms with Crippen molar-refractivity contribution < 1.29 is 4.74 Å². The minimum absolute atomic E-state index is 0.386. The van der Waals surface area contributed by atoms with Crippen LogP contribution in [0.1, 0.15) is 31.2 Å². The zero-order valence-electron chi connectivity index (χ0n) is 13.0. The van der Waals surface area contributed by atoms with Gasteiger partial charge in [-0.1, -0.05) is 30.7 Å². The summed E-state index contributed by atoms with van der Waals surface area (Å²) in [7, 11) is 2.19. The van der Waals surface area contributed by atoms with Gasteiger partial charge < -0.3 is 15.4 Å². The number of hydrogen-bond donors (Lipinski definition) is 1. The van der Waals surface area contributed by atoms with Crippen LogP contribution in [0.4, 0.5) is 0 Å². The Morgan fingerprint density at radius 3 is 2.90 bits per heavy atom. The summed E-state index contributed by atoms with van der Waals surface area (Å²) in [5, 5.41) is 0. The van der Waals surface area contributed by atoms with Crippen LogP contribution < -0.4 is 10.5 Å². The van der Waals surface area contributed by atoms with Crippen molar-refractivity contribution in [3.8, 4) is 17.6 Å². The summed E-state index contributed by atoms with van der Waals surface area (Å²) in [4.78, 5) is 2.38. The van der Waals surface area contributed by atoms with Gasteiger partial charge in [-0.2, -0.15) is 0 Å². The maximum absolute atomic E-state index is 5.82. The van der Waals surface area contributed by atoms with Crippen molar-refractivity contribution in [3.63, 3.8) is 0 Å². The van der Waals surface area contributed by atoms with Gasteiger partial charge in [0.05, 0.1) is 6.54 Å². The van der Waals surface area contributed by atoms with Crippen molar-refractivity contribution in [2.45, 2.75) is 25.7 Å². The first-order valence-electron chi connectivity index (χ1n) is 7.88. The second-order valence-electron chi connectivity index (χ2n) is 5.79. The van der Waals surface area contributed by atoms with Gasteiger partial charge in [0.15, 0.2) is 0 Å². The number of ether oxygens (including phenoxy) is 1. The molecule has 1 aliphatic rings. The van der Waals surface area contributed by atoms with Crippen LogP contribution in [-0.2, 0) is 0 Å². The molecule has 0 spiro atoms. The normalized spacial score (nSPS) is 15.0. The largest absolute Gasteiger partial charge is 0.492 e. The number of likely N-dealkylation sites (N-methyl/N-ethyl adjacent to an activating group) is 1. The molecule has 2 N–H and O–H groups in total. The molecule has 0 saturated heterocycles. The molecular formula is C18H26N2O. The number of nitrogens with zero attached hydrogens (tertiary/aromatic N) is 1. The fourth-order valence-electron chi connectivity index (χ4n) is 2.86. The Morgan fingerprint density at radius 1 is 1.33 bits per heavy atom. The Balaban J connectivity index is 1.72. The van der Waals surface area contributed by atoms with Crippen molar-refractivity contribution in [3.05, 3.63) is 29.8 Å². The monoisotopic (exact) mass is 286 g/mol. The van der Waals surface area contributed by atoms with Gasteiger partial charge in [-0.3, -0.25) is 0 Å². The third-order valence-corrected chi connectivity index (χ3v) is 3.96. The molecular weight excluding hydrogens is 260 g/mol. The van der Waals surface area contributed by atoms with Crippen LogP contribution in [-0.4, -0.2) is 38.2 Å². The van der Waals surface area contributed by atoms with E-state index in [9.17, 15) is 0 Å². The molecule has 0 amide bonds. The summed E-state index contributed by atoms with van der Waals surface area (Å²) in [6.07, 6.45) is 5.61. The number of nitrogens with two attached hydrogens (primary N) is 1. The molecule has 0 atom stereocenters. The molecule has 3 nitrogen and oxygen atoms in total. The smallest absolute Gasteiger partial charge is 0.120 e. The van der Waals surface area contributed by atoms with E-state index < -0.39 is 0 Å². The second-order valence-corrected chi connectivity index (χ2v) is 5.79. The molecule has 0 unspecified atom stereocenters. The van der Waals surface area contributed by atoms with Gasteiger partial charge in [-0.25, -0.2) is 0 Å². The van der Waals surface area contributed by atoms with E-state index in [1.807, 2.05) is 24.3 Å². The van der Waals surface area contributed by atoms with Crippen LogP contribution in [0.15, 0.2) is 24.3 Å². The van der Waals surface area contributed by atoms with E-state index in [0.29, 0.717) is 6.54 Å². The maximum Gasteiger partial charge on any atom is 0.120 e. The van der Waals surface area contributed by atoms with Crippen LogP contribution in [0.2, 0.25) is 0 Å². The van der Waals surface area contributed by atoms with Gasteiger partial charge in [0.1, 0.15) is 12.4 Å². The molecule has 0 aromatic heterocycles. The summed E-state index contributed by atoms with van der Waals surface area (Å²) in [5.41, 5.74) is 6.34. The Hall–Kier alpha value is -1.50. The predicted octanol–water partition coefficient (Wildman–Crippen LogP) is 2.50. The van der Waals surface area contributed by atoms with Crippen LogP contribution in [0.5, 0.6) is 5.75 Å². The van der Waals surface area contributed by atoms with Crippen molar-refractivity contribution in [1.29, 1.82) is 0 Å². The van der Waals surface area contributed by atoms with E-state index in [4.69, 9.17) is 10.5 Å². The Labute approximate surface area is 128 Å². The lowest BCUT2D eigenvalue weighted by Crippen LogP contribution is -2.28. The summed E-state index contributed by atoms with van der Waals surface area (Å²) in [6.45, 7) is 3.27. The third kappa shape index (κ3) is 5.79. The number of rotatable bonds is 6. The number of benzene rings is 1. The van der Waals surface area contributed by atoms with Crippen molar-refractivity contribution in [2.24, 2.45) is 11.7 Å². The zero-order chi connectivity index (χ0) is 14.9. The van der Waals surface area contributed by atoms with Gasteiger partial charge in [0.2, 0.25) is 0 Å². The average Bonchev–Trinajstić information content (AvgIpc) is 2.98. The van der Waals surface area contributed by atoms with E-state index in [0.717, 1.165) is 30.4 Å². The van der Waals surface area contributed by atoms with Crippen LogP contribution in [0.3, 0.4) is 0 Å². The van der Waals surface area contributed by atoms with Crippen LogP contribution in [0.25, 0.3) is 0 Å². The van der Waals surface area contributed by atoms with Crippen molar-refractivity contribution in [2.75, 3.05) is 33.3 Å². The molecule has 2 rings (SSSR count). The molecule has 0 bridgehead atoms. The first-order chi connectivity index (χ1) is 10.3. The number of hydrogen-bond acceptors (Lipinski definition) is 3. The molecule has 1 aromatic rings. The Morgan fingerprint density at radius 2 is 2.14 bits per heavy atom. The van der Waals surface area contributed by atoms with E-state index in [-0.39, 0.29) is 0 Å². The molecule has 1 aromatic carbocycles. The highest BCUT2D eigenvalue weighted by Gasteiger charge is 2.16. The first kappa shape index (κ1) is 15.9. The van der Waals surface area contributed by atoms with Crippen LogP contribution >= 0.6 is 0 Å². The minimum atomic E-state index is 0.386. The predicted molar refractivity (Wildman–Crippen MR) is 87.3 cm³/mol. The quantitative estimate of drug-likeness (QED) is 0.817. The zero-order valence-corrected chi connectivity index (χ0v) is 13.0. The molecule has 21 heavy (non-hydrogen) atoms. The lowest BCUT2D eigenvalue weighted by molar-refractivity contribution is 0.215. The Bertz CT molecular complexity index is 483. The SMILES string of the molecule is CN(CCOc1cccc(C#CCN)c1)CC1CCCC1. The highest BCUT2D eigenvalue weighted by molar-refractivity contribution is 5.39. The Kier molecular flexibility index (Phi) is 6.59. The maximum atomic E-state index is 5.82. The molecule has 0 radical (unpaired) electrons. The molecule has 3 heteroatoms. The van der Waals surface area contributed by atoms with Gasteiger partial charge in [-0.15, -0.1) is 0 Å². The van der Waals surface area contributed by atoms with E-state index in [1.54, 1.807) is 0 Å². The third-order valence-electron chi connectivity index (χ3n) is 3.96. The second kappa shape index (κ2) is 8.71. The van der Waals surface area contributed by atoms with E-state index in [2.05, 4.69) is 23.8 Å². The van der Waals surface area contributed by atoms with Crippen molar-refractivity contribution >= 4 is 0 Å². The van der Waals surface area contributed by atoms with Gasteiger partial charge in [0, 0.05) is 18.7 Å². The van der Waals surface area contributed by atoms with Crippen LogP contribution in [0, 0.1) is 17.8 Å². The summed E-state index contributed by atoms with van der Waals surface area (Å²) >= 11 is 0. The van der Waals surface area contributed by atoms with Gasteiger partial charge in [0.25, 0.3) is 0 Å². The lowest BCUT2D eigenvalue weighted by Gasteiger charge is -2.20. The van der Waals surface area contributed by atoms with E-state index >= 15 is 0 Å². The minimum Gasteiger partial charge on any atom is -0.492 e. The standard InChI is InChI=1S/C18H26N2O/c1-20(15-17-6-2-3-7-17)12-13-21-18-10-4-8-16(14-18)9-5-11-19/h4,8,10,14,17H,2-3,6-7,11-13,15,19H2,1H3.